The van der Waals surface area contributed by atoms with Crippen LogP contribution in [0.2, 0.25) is 0 Å². The van der Waals surface area contributed by atoms with Gasteiger partial charge in [-0.05, 0) is 73.0 Å². The zero-order chi connectivity index (χ0) is 21.9. The summed E-state index contributed by atoms with van der Waals surface area (Å²) in [6, 6.07) is 16.2. The molecule has 0 saturated carbocycles. The molecule has 1 atom stereocenters. The number of carbonyl (C=O) groups excluding carboxylic acids is 1. The van der Waals surface area contributed by atoms with Gasteiger partial charge in [0, 0.05) is 10.2 Å². The third-order valence-electron chi connectivity index (χ3n) is 5.79. The number of nitrogens with zero attached hydrogens (tertiary/aromatic N) is 1. The number of amides is 1. The van der Waals surface area contributed by atoms with Gasteiger partial charge in [0.2, 0.25) is 5.76 Å². The minimum absolute atomic E-state index is 0.00439. The second-order valence-corrected chi connectivity index (χ2v) is 8.63. The summed E-state index contributed by atoms with van der Waals surface area (Å²) >= 11 is 3.43. The number of rotatable bonds is 2. The average molecular weight is 478 g/mol. The molecule has 0 bridgehead atoms. The van der Waals surface area contributed by atoms with Crippen molar-refractivity contribution in [3.05, 3.63) is 109 Å². The summed E-state index contributed by atoms with van der Waals surface area (Å²) in [5, 5.41) is 0.121. The molecular weight excluding hydrogens is 461 g/mol. The first-order chi connectivity index (χ1) is 14.8. The lowest BCUT2D eigenvalue weighted by Crippen LogP contribution is -2.29. The third kappa shape index (κ3) is 3.10. The van der Waals surface area contributed by atoms with Gasteiger partial charge in [-0.2, -0.15) is 0 Å². The number of fused-ring (bicyclic) bond motifs is 2. The molecule has 4 aromatic rings. The first-order valence-electron chi connectivity index (χ1n) is 9.77. The number of hydrogen-bond acceptors (Lipinski definition) is 3. The van der Waals surface area contributed by atoms with Crippen molar-refractivity contribution in [2.75, 3.05) is 4.90 Å². The molecule has 1 aromatic heterocycles. The molecule has 0 saturated heterocycles. The van der Waals surface area contributed by atoms with Gasteiger partial charge in [-0.15, -0.1) is 0 Å². The van der Waals surface area contributed by atoms with Crippen molar-refractivity contribution >= 4 is 38.5 Å². The van der Waals surface area contributed by atoms with Crippen LogP contribution in [0.15, 0.2) is 74.3 Å². The van der Waals surface area contributed by atoms with Gasteiger partial charge in [0.05, 0.1) is 17.0 Å². The highest BCUT2D eigenvalue weighted by molar-refractivity contribution is 9.10. The van der Waals surface area contributed by atoms with Crippen LogP contribution in [-0.2, 0) is 0 Å². The highest BCUT2D eigenvalue weighted by atomic mass is 79.9. The normalized spacial score (nSPS) is 15.5. The molecule has 1 unspecified atom stereocenters. The summed E-state index contributed by atoms with van der Waals surface area (Å²) in [6.07, 6.45) is 0. The van der Waals surface area contributed by atoms with Crippen LogP contribution in [-0.4, -0.2) is 5.91 Å². The molecule has 0 aliphatic carbocycles. The summed E-state index contributed by atoms with van der Waals surface area (Å²) < 4.78 is 20.6. The van der Waals surface area contributed by atoms with E-state index in [-0.39, 0.29) is 22.3 Å². The van der Waals surface area contributed by atoms with E-state index < -0.39 is 23.2 Å². The highest BCUT2D eigenvalue weighted by Gasteiger charge is 2.43. The fourth-order valence-corrected chi connectivity index (χ4v) is 4.31. The summed E-state index contributed by atoms with van der Waals surface area (Å²) in [5.41, 5.74) is 3.58. The third-order valence-corrected chi connectivity index (χ3v) is 6.32. The predicted octanol–water partition coefficient (Wildman–Crippen LogP) is 6.06. The molecule has 154 valence electrons. The lowest BCUT2D eigenvalue weighted by molar-refractivity contribution is 0.0971. The van der Waals surface area contributed by atoms with Crippen LogP contribution in [0.25, 0.3) is 11.0 Å². The van der Waals surface area contributed by atoms with Crippen molar-refractivity contribution in [1.29, 1.82) is 0 Å². The van der Waals surface area contributed by atoms with Gasteiger partial charge in [0.25, 0.3) is 5.91 Å². The fraction of sp³-hybridized carbons (Fsp3) is 0.120. The van der Waals surface area contributed by atoms with Gasteiger partial charge in [-0.1, -0.05) is 34.1 Å². The minimum Gasteiger partial charge on any atom is -0.450 e. The maximum absolute atomic E-state index is 13.9. The van der Waals surface area contributed by atoms with Crippen LogP contribution in [0.1, 0.15) is 38.9 Å². The highest BCUT2D eigenvalue weighted by Crippen LogP contribution is 2.41. The molecule has 5 rings (SSSR count). The largest absolute Gasteiger partial charge is 0.450 e. The van der Waals surface area contributed by atoms with Gasteiger partial charge in [0.15, 0.2) is 5.43 Å². The predicted molar refractivity (Wildman–Crippen MR) is 121 cm³/mol. The molecule has 0 radical (unpaired) electrons. The van der Waals surface area contributed by atoms with Gasteiger partial charge < -0.3 is 4.42 Å². The molecule has 0 N–H and O–H groups in total. The number of anilines is 1. The molecule has 0 fully saturated rings. The maximum atomic E-state index is 13.9. The van der Waals surface area contributed by atoms with Crippen LogP contribution in [0.3, 0.4) is 0 Å². The number of hydrogen-bond donors (Lipinski definition) is 0. The van der Waals surface area contributed by atoms with Crippen molar-refractivity contribution in [3.63, 3.8) is 0 Å². The first-order valence-corrected chi connectivity index (χ1v) is 10.6. The topological polar surface area (TPSA) is 50.5 Å². The van der Waals surface area contributed by atoms with E-state index in [0.29, 0.717) is 5.69 Å². The van der Waals surface area contributed by atoms with Gasteiger partial charge in [-0.3, -0.25) is 14.5 Å². The van der Waals surface area contributed by atoms with E-state index in [0.717, 1.165) is 27.2 Å². The van der Waals surface area contributed by atoms with Crippen LogP contribution in [0, 0.1) is 19.7 Å². The van der Waals surface area contributed by atoms with E-state index >= 15 is 0 Å². The standard InChI is InChI=1S/C25H17BrFNO3/c1-13-3-9-18(11-14(13)2)28-22(15-4-6-16(26)7-5-15)21-23(29)19-12-17(27)8-10-20(19)31-24(21)25(28)30/h3-12,22H,1-2H3. The first kappa shape index (κ1) is 19.7. The Labute approximate surface area is 186 Å². The van der Waals surface area contributed by atoms with E-state index in [1.54, 1.807) is 4.90 Å². The average Bonchev–Trinajstić information content (AvgIpc) is 3.04. The van der Waals surface area contributed by atoms with Crippen LogP contribution in [0.5, 0.6) is 0 Å². The summed E-state index contributed by atoms with van der Waals surface area (Å²) in [4.78, 5) is 28.6. The second-order valence-electron chi connectivity index (χ2n) is 7.71. The zero-order valence-electron chi connectivity index (χ0n) is 16.8. The lowest BCUT2D eigenvalue weighted by atomic mass is 9.98. The number of aryl methyl sites for hydroxylation is 2. The summed E-state index contributed by atoms with van der Waals surface area (Å²) in [7, 11) is 0. The van der Waals surface area contributed by atoms with Crippen molar-refractivity contribution < 1.29 is 13.6 Å². The Balaban J connectivity index is 1.82. The smallest absolute Gasteiger partial charge is 0.295 e. The molecular formula is C25H17BrFNO3. The van der Waals surface area contributed by atoms with Crippen LogP contribution >= 0.6 is 15.9 Å². The molecule has 4 nitrogen and oxygen atoms in total. The van der Waals surface area contributed by atoms with E-state index in [1.807, 2.05) is 56.3 Å². The Kier molecular flexibility index (Phi) is 4.55. The molecule has 3 aromatic carbocycles. The molecule has 6 heteroatoms. The Morgan fingerprint density at radius 2 is 1.68 bits per heavy atom. The molecule has 1 aliphatic heterocycles. The number of benzene rings is 3. The lowest BCUT2D eigenvalue weighted by Gasteiger charge is -2.26. The number of carbonyl (C=O) groups is 1. The summed E-state index contributed by atoms with van der Waals surface area (Å²) in [5.74, 6) is -0.931. The van der Waals surface area contributed by atoms with Gasteiger partial charge >= 0.3 is 0 Å². The number of halogens is 2. The summed E-state index contributed by atoms with van der Waals surface area (Å²) in [6.45, 7) is 3.97. The molecule has 2 heterocycles. The van der Waals surface area contributed by atoms with Gasteiger partial charge in [0.1, 0.15) is 11.4 Å². The Bertz CT molecular complexity index is 1430. The molecule has 31 heavy (non-hydrogen) atoms. The molecule has 1 aliphatic rings. The van der Waals surface area contributed by atoms with Crippen molar-refractivity contribution in [1.82, 2.24) is 0 Å². The quantitative estimate of drug-likeness (QED) is 0.352. The zero-order valence-corrected chi connectivity index (χ0v) is 18.4. The van der Waals surface area contributed by atoms with E-state index in [2.05, 4.69) is 15.9 Å². The van der Waals surface area contributed by atoms with Crippen LogP contribution in [0.4, 0.5) is 10.1 Å². The molecule has 0 spiro atoms. The monoisotopic (exact) mass is 477 g/mol. The van der Waals surface area contributed by atoms with E-state index in [1.165, 1.54) is 12.1 Å². The Morgan fingerprint density at radius 1 is 0.935 bits per heavy atom. The van der Waals surface area contributed by atoms with E-state index in [4.69, 9.17) is 4.42 Å². The second kappa shape index (κ2) is 7.17. The SMILES string of the molecule is Cc1ccc(N2C(=O)c3oc4ccc(F)cc4c(=O)c3C2c2ccc(Br)cc2)cc1C. The van der Waals surface area contributed by atoms with Gasteiger partial charge in [-0.25, -0.2) is 4.39 Å². The Hall–Kier alpha value is -3.25. The van der Waals surface area contributed by atoms with Crippen LogP contribution < -0.4 is 10.3 Å². The van der Waals surface area contributed by atoms with Crippen molar-refractivity contribution in [2.45, 2.75) is 19.9 Å². The minimum atomic E-state index is -0.679. The molecule has 1 amide bonds. The van der Waals surface area contributed by atoms with Crippen molar-refractivity contribution in [2.24, 2.45) is 0 Å². The fourth-order valence-electron chi connectivity index (χ4n) is 4.05. The van der Waals surface area contributed by atoms with E-state index in [9.17, 15) is 14.0 Å². The Morgan fingerprint density at radius 3 is 2.39 bits per heavy atom. The van der Waals surface area contributed by atoms with Crippen molar-refractivity contribution in [3.8, 4) is 0 Å². The maximum Gasteiger partial charge on any atom is 0.295 e.